The topological polar surface area (TPSA) is 39.1 Å². The zero-order chi connectivity index (χ0) is 29.1. The molecule has 0 amide bonds. The highest BCUT2D eigenvalue weighted by atomic mass is 16.5. The zero-order valence-electron chi connectivity index (χ0n) is 26.3. The summed E-state index contributed by atoms with van der Waals surface area (Å²) >= 11 is 0. The number of allylic oxidation sites excluding steroid dienone is 10. The van der Waals surface area contributed by atoms with Gasteiger partial charge in [-0.1, -0.05) is 61.4 Å². The van der Waals surface area contributed by atoms with Crippen molar-refractivity contribution in [2.75, 3.05) is 18.5 Å². The number of nitrogens with zero attached hydrogens (tertiary/aromatic N) is 2. The van der Waals surface area contributed by atoms with Crippen LogP contribution in [0.1, 0.15) is 98.7 Å². The van der Waals surface area contributed by atoms with Gasteiger partial charge in [0.1, 0.15) is 5.76 Å². The lowest BCUT2D eigenvalue weighted by Crippen LogP contribution is -2.10. The van der Waals surface area contributed by atoms with Gasteiger partial charge in [-0.15, -0.1) is 0 Å². The van der Waals surface area contributed by atoms with Crippen molar-refractivity contribution in [2.45, 2.75) is 95.0 Å². The van der Waals surface area contributed by atoms with Gasteiger partial charge in [-0.2, -0.15) is 0 Å². The monoisotopic (exact) mass is 529 g/mol. The van der Waals surface area contributed by atoms with E-state index in [-0.39, 0.29) is 0 Å². The maximum atomic E-state index is 6.00. The van der Waals surface area contributed by atoms with Gasteiger partial charge >= 0.3 is 0 Å². The number of anilines is 1. The van der Waals surface area contributed by atoms with Crippen molar-refractivity contribution in [1.82, 2.24) is 9.55 Å². The Labute approximate surface area is 237 Å². The number of nitrogens with one attached hydrogen (secondary N) is 1. The van der Waals surface area contributed by atoms with Crippen molar-refractivity contribution < 1.29 is 4.74 Å². The van der Waals surface area contributed by atoms with E-state index in [1.165, 1.54) is 33.5 Å². The van der Waals surface area contributed by atoms with E-state index in [4.69, 9.17) is 9.72 Å². The van der Waals surface area contributed by atoms with Gasteiger partial charge in [0.2, 0.25) is 0 Å². The van der Waals surface area contributed by atoms with Crippen LogP contribution in [-0.2, 0) is 11.2 Å². The van der Waals surface area contributed by atoms with E-state index in [1.54, 1.807) is 0 Å². The minimum atomic E-state index is 0.321. The van der Waals surface area contributed by atoms with Crippen LogP contribution in [0.3, 0.4) is 0 Å². The Morgan fingerprint density at radius 1 is 1.08 bits per heavy atom. The summed E-state index contributed by atoms with van der Waals surface area (Å²) in [5.41, 5.74) is 11.7. The molecule has 4 nitrogen and oxygen atoms in total. The van der Waals surface area contributed by atoms with E-state index in [9.17, 15) is 0 Å². The Morgan fingerprint density at radius 3 is 2.36 bits per heavy atom. The normalized spacial score (nSPS) is 13.4. The molecule has 0 saturated heterocycles. The fourth-order valence-electron chi connectivity index (χ4n) is 4.81. The lowest BCUT2D eigenvalue weighted by atomic mass is 10.1. The van der Waals surface area contributed by atoms with Gasteiger partial charge in [0.15, 0.2) is 0 Å². The van der Waals surface area contributed by atoms with Crippen molar-refractivity contribution >= 4 is 22.3 Å². The molecule has 0 aliphatic rings. The average Bonchev–Trinajstić information content (AvgIpc) is 3.19. The van der Waals surface area contributed by atoms with Crippen LogP contribution >= 0.6 is 0 Å². The van der Waals surface area contributed by atoms with E-state index < -0.39 is 0 Å². The molecule has 212 valence electrons. The van der Waals surface area contributed by atoms with Crippen LogP contribution < -0.4 is 5.32 Å². The van der Waals surface area contributed by atoms with E-state index in [0.29, 0.717) is 12.6 Å². The molecule has 0 fully saturated rings. The van der Waals surface area contributed by atoms with Crippen molar-refractivity contribution in [3.8, 4) is 0 Å². The van der Waals surface area contributed by atoms with Crippen molar-refractivity contribution in [2.24, 2.45) is 0 Å². The number of hydrogen-bond acceptors (Lipinski definition) is 3. The first kappa shape index (κ1) is 31.9. The fourth-order valence-corrected chi connectivity index (χ4v) is 4.81. The number of aromatic nitrogens is 2. The van der Waals surface area contributed by atoms with Crippen LogP contribution in [0, 0.1) is 6.92 Å². The first-order chi connectivity index (χ1) is 18.6. The van der Waals surface area contributed by atoms with E-state index in [1.807, 2.05) is 13.8 Å². The van der Waals surface area contributed by atoms with Crippen LogP contribution in [0.2, 0.25) is 0 Å². The van der Waals surface area contributed by atoms with E-state index in [0.717, 1.165) is 47.6 Å². The Kier molecular flexibility index (Phi) is 12.6. The van der Waals surface area contributed by atoms with E-state index >= 15 is 0 Å². The molecular formula is C35H51N3O. The highest BCUT2D eigenvalue weighted by Gasteiger charge is 2.21. The summed E-state index contributed by atoms with van der Waals surface area (Å²) in [6, 6.07) is 2.52. The van der Waals surface area contributed by atoms with Crippen molar-refractivity contribution in [3.05, 3.63) is 88.0 Å². The third-order valence-electron chi connectivity index (χ3n) is 6.98. The first-order valence-corrected chi connectivity index (χ1v) is 14.5. The van der Waals surface area contributed by atoms with Crippen LogP contribution in [0.5, 0.6) is 0 Å². The summed E-state index contributed by atoms with van der Waals surface area (Å²) < 4.78 is 8.46. The van der Waals surface area contributed by atoms with Crippen molar-refractivity contribution in [3.63, 3.8) is 0 Å². The lowest BCUT2D eigenvalue weighted by molar-refractivity contribution is 0.233. The van der Waals surface area contributed by atoms with Gasteiger partial charge < -0.3 is 14.6 Å². The van der Waals surface area contributed by atoms with Crippen LogP contribution in [0.4, 0.5) is 5.69 Å². The molecule has 0 aromatic carbocycles. The van der Waals surface area contributed by atoms with Crippen LogP contribution in [0.25, 0.3) is 16.6 Å². The maximum absolute atomic E-state index is 6.00. The Balaban J connectivity index is 2.85. The molecule has 0 aliphatic carbocycles. The Bertz CT molecular complexity index is 1310. The lowest BCUT2D eigenvalue weighted by Gasteiger charge is -2.18. The zero-order valence-corrected chi connectivity index (χ0v) is 26.3. The molecule has 0 spiro atoms. The number of ether oxygens (including phenoxy) is 1. The third-order valence-corrected chi connectivity index (χ3v) is 6.98. The smallest absolute Gasteiger partial charge is 0.102 e. The van der Waals surface area contributed by atoms with Gasteiger partial charge in [-0.05, 0) is 98.4 Å². The quantitative estimate of drug-likeness (QED) is 0.207. The molecule has 4 heteroatoms. The molecule has 2 aromatic heterocycles. The maximum Gasteiger partial charge on any atom is 0.102 e. The Hall–Kier alpha value is -3.27. The molecule has 0 bridgehead atoms. The van der Waals surface area contributed by atoms with Gasteiger partial charge in [0, 0.05) is 23.9 Å². The van der Waals surface area contributed by atoms with Gasteiger partial charge in [-0.3, -0.25) is 0 Å². The number of rotatable bonds is 13. The average molecular weight is 530 g/mol. The number of pyridine rings is 1. The summed E-state index contributed by atoms with van der Waals surface area (Å²) in [7, 11) is 0. The number of aryl methyl sites for hydroxylation is 1. The van der Waals surface area contributed by atoms with Gasteiger partial charge in [-0.25, -0.2) is 4.98 Å². The largest absolute Gasteiger partial charge is 0.498 e. The summed E-state index contributed by atoms with van der Waals surface area (Å²) in [4.78, 5) is 5.27. The van der Waals surface area contributed by atoms with Gasteiger partial charge in [0.25, 0.3) is 0 Å². The number of fused-ring (bicyclic) bond motifs is 1. The van der Waals surface area contributed by atoms with Crippen LogP contribution in [0.15, 0.2) is 71.1 Å². The van der Waals surface area contributed by atoms with E-state index in [2.05, 4.69) is 121 Å². The second-order valence-electron chi connectivity index (χ2n) is 10.5. The molecule has 2 heterocycles. The summed E-state index contributed by atoms with van der Waals surface area (Å²) in [6.07, 6.45) is 17.0. The van der Waals surface area contributed by atoms with Gasteiger partial charge in [0.05, 0.1) is 29.0 Å². The fraction of sp³-hybridized carbons (Fsp3) is 0.457. The first-order valence-electron chi connectivity index (χ1n) is 14.5. The molecule has 2 aromatic rings. The minimum absolute atomic E-state index is 0.321. The number of hydrogen-bond donors (Lipinski definition) is 1. The second-order valence-corrected chi connectivity index (χ2v) is 10.5. The summed E-state index contributed by atoms with van der Waals surface area (Å²) in [5, 5.41) is 3.81. The highest BCUT2D eigenvalue weighted by molar-refractivity contribution is 5.95. The second kappa shape index (κ2) is 15.4. The summed E-state index contributed by atoms with van der Waals surface area (Å²) in [5.74, 6) is 0.877. The molecule has 0 unspecified atom stereocenters. The predicted octanol–water partition coefficient (Wildman–Crippen LogP) is 10.0. The summed E-state index contributed by atoms with van der Waals surface area (Å²) in [6.45, 7) is 25.1. The molecule has 0 aliphatic heterocycles. The molecule has 39 heavy (non-hydrogen) atoms. The third kappa shape index (κ3) is 8.11. The Morgan fingerprint density at radius 2 is 1.79 bits per heavy atom. The van der Waals surface area contributed by atoms with Crippen LogP contribution in [-0.4, -0.2) is 22.7 Å². The molecule has 0 radical (unpaired) electrons. The SMILES string of the molecule is C/C=C\C(=C/C(C)=C(C)C)CNc1cc(C(/C=C\C=C\CC)=C(/C)OCC)nc2c(C)c(CC)n(C(C)C)c12. The molecule has 1 N–H and O–H groups in total. The predicted molar refractivity (Wildman–Crippen MR) is 172 cm³/mol. The minimum Gasteiger partial charge on any atom is -0.498 e. The molecule has 0 atom stereocenters. The molecule has 0 saturated carbocycles. The molecule has 2 rings (SSSR count). The standard InChI is InChI=1S/C35H51N3O/c1-12-16-17-18-20-30(28(11)39-15-4)31-22-32(36-23-29(19-13-2)21-26(9)24(5)6)35-34(37-31)27(10)33(14-3)38(35)25(7)8/h13,16-22,25H,12,14-15,23H2,1-11H3,(H,36,37)/b17-16+,19-13-,20-18-,29-21+,30-28-. The highest BCUT2D eigenvalue weighted by Crippen LogP contribution is 2.36. The van der Waals surface area contributed by atoms with Crippen molar-refractivity contribution in [1.29, 1.82) is 0 Å². The molecular weight excluding hydrogens is 478 g/mol.